The second-order valence-corrected chi connectivity index (χ2v) is 5.27. The third kappa shape index (κ3) is 7.08. The molecule has 2 N–H and O–H groups in total. The number of benzene rings is 1. The van der Waals surface area contributed by atoms with E-state index in [0.717, 1.165) is 24.3 Å². The number of rotatable bonds is 8. The highest BCUT2D eigenvalue weighted by atomic mass is 16.5. The molecule has 0 aliphatic heterocycles. The summed E-state index contributed by atoms with van der Waals surface area (Å²) >= 11 is 0. The summed E-state index contributed by atoms with van der Waals surface area (Å²) in [6.07, 6.45) is 1.49. The minimum Gasteiger partial charge on any atom is -0.497 e. The van der Waals surface area contributed by atoms with E-state index in [1.807, 2.05) is 43.3 Å². The monoisotopic (exact) mass is 307 g/mol. The largest absolute Gasteiger partial charge is 0.497 e. The topological polar surface area (TPSA) is 70.7 Å². The number of carbonyl (C=O) groups is 2. The van der Waals surface area contributed by atoms with Gasteiger partial charge in [-0.3, -0.25) is 9.59 Å². The highest BCUT2D eigenvalue weighted by Gasteiger charge is 2.11. The molecule has 0 spiro atoms. The molecule has 0 aliphatic carbocycles. The SMILES string of the molecule is COc1ccc(CCNC(=O)C(=O)NCCCN(C)C)cc1. The van der Waals surface area contributed by atoms with Gasteiger partial charge < -0.3 is 20.3 Å². The molecule has 6 heteroatoms. The number of carbonyl (C=O) groups excluding carboxylic acids is 2. The summed E-state index contributed by atoms with van der Waals surface area (Å²) < 4.78 is 5.08. The summed E-state index contributed by atoms with van der Waals surface area (Å²) in [5.74, 6) is -0.364. The maximum absolute atomic E-state index is 11.6. The van der Waals surface area contributed by atoms with Crippen LogP contribution in [0.2, 0.25) is 0 Å². The molecular weight excluding hydrogens is 282 g/mol. The lowest BCUT2D eigenvalue weighted by molar-refractivity contribution is -0.139. The number of hydrogen-bond acceptors (Lipinski definition) is 4. The average Bonchev–Trinajstić information content (AvgIpc) is 2.51. The van der Waals surface area contributed by atoms with Crippen molar-refractivity contribution in [2.45, 2.75) is 12.8 Å². The Labute approximate surface area is 131 Å². The van der Waals surface area contributed by atoms with Crippen LogP contribution in [0.1, 0.15) is 12.0 Å². The molecule has 22 heavy (non-hydrogen) atoms. The molecule has 2 amide bonds. The van der Waals surface area contributed by atoms with Gasteiger partial charge in [0.1, 0.15) is 5.75 Å². The fourth-order valence-electron chi connectivity index (χ4n) is 1.87. The first-order valence-electron chi connectivity index (χ1n) is 7.36. The van der Waals surface area contributed by atoms with Gasteiger partial charge in [-0.05, 0) is 51.2 Å². The van der Waals surface area contributed by atoms with E-state index in [4.69, 9.17) is 4.74 Å². The van der Waals surface area contributed by atoms with Crippen LogP contribution in [0.4, 0.5) is 0 Å². The zero-order valence-electron chi connectivity index (χ0n) is 13.5. The van der Waals surface area contributed by atoms with Crippen molar-refractivity contribution in [3.8, 4) is 5.75 Å². The minimum absolute atomic E-state index is 0.427. The normalized spacial score (nSPS) is 10.4. The molecule has 0 bridgehead atoms. The predicted molar refractivity (Wildman–Crippen MR) is 85.9 cm³/mol. The van der Waals surface area contributed by atoms with Crippen LogP contribution in [0.15, 0.2) is 24.3 Å². The molecule has 0 unspecified atom stereocenters. The van der Waals surface area contributed by atoms with Crippen LogP contribution >= 0.6 is 0 Å². The van der Waals surface area contributed by atoms with Gasteiger partial charge in [-0.25, -0.2) is 0 Å². The molecule has 0 fully saturated rings. The van der Waals surface area contributed by atoms with Gasteiger partial charge in [-0.15, -0.1) is 0 Å². The number of nitrogens with zero attached hydrogens (tertiary/aromatic N) is 1. The summed E-state index contributed by atoms with van der Waals surface area (Å²) in [5.41, 5.74) is 1.08. The Morgan fingerprint density at radius 3 is 2.18 bits per heavy atom. The second-order valence-electron chi connectivity index (χ2n) is 5.27. The molecule has 122 valence electrons. The molecule has 6 nitrogen and oxygen atoms in total. The zero-order valence-corrected chi connectivity index (χ0v) is 13.5. The van der Waals surface area contributed by atoms with Crippen molar-refractivity contribution in [1.82, 2.24) is 15.5 Å². The van der Waals surface area contributed by atoms with E-state index in [2.05, 4.69) is 10.6 Å². The lowest BCUT2D eigenvalue weighted by atomic mass is 10.1. The van der Waals surface area contributed by atoms with Crippen LogP contribution in [0.5, 0.6) is 5.75 Å². The van der Waals surface area contributed by atoms with E-state index in [1.54, 1.807) is 7.11 Å². The van der Waals surface area contributed by atoms with E-state index in [0.29, 0.717) is 19.5 Å². The van der Waals surface area contributed by atoms with Crippen LogP contribution in [0, 0.1) is 0 Å². The molecule has 0 aliphatic rings. The highest BCUT2D eigenvalue weighted by molar-refractivity contribution is 6.35. The van der Waals surface area contributed by atoms with E-state index in [1.165, 1.54) is 0 Å². The standard InChI is InChI=1S/C16H25N3O3/c1-19(2)12-4-10-17-15(20)16(21)18-11-9-13-5-7-14(22-3)8-6-13/h5-8H,4,9-12H2,1-3H3,(H,17,20)(H,18,21). The van der Waals surface area contributed by atoms with Crippen molar-refractivity contribution in [1.29, 1.82) is 0 Å². The molecule has 0 heterocycles. The summed E-state index contributed by atoms with van der Waals surface area (Å²) in [6, 6.07) is 7.61. The van der Waals surface area contributed by atoms with Crippen LogP contribution in [-0.4, -0.2) is 57.6 Å². The summed E-state index contributed by atoms with van der Waals surface area (Å²) in [7, 11) is 5.55. The van der Waals surface area contributed by atoms with E-state index in [9.17, 15) is 9.59 Å². The summed E-state index contributed by atoms with van der Waals surface area (Å²) in [6.45, 7) is 1.80. The molecule has 1 aromatic rings. The number of hydrogen-bond donors (Lipinski definition) is 2. The summed E-state index contributed by atoms with van der Waals surface area (Å²) in [5, 5.41) is 5.22. The Morgan fingerprint density at radius 1 is 1.05 bits per heavy atom. The maximum atomic E-state index is 11.6. The minimum atomic E-state index is -0.585. The van der Waals surface area contributed by atoms with Crippen molar-refractivity contribution >= 4 is 11.8 Å². The number of ether oxygens (including phenoxy) is 1. The Bertz CT molecular complexity index is 472. The first-order valence-corrected chi connectivity index (χ1v) is 7.36. The fraction of sp³-hybridized carbons (Fsp3) is 0.500. The number of amides is 2. The Hall–Kier alpha value is -2.08. The lowest BCUT2D eigenvalue weighted by Crippen LogP contribution is -2.41. The Morgan fingerprint density at radius 2 is 1.64 bits per heavy atom. The average molecular weight is 307 g/mol. The number of nitrogens with one attached hydrogen (secondary N) is 2. The van der Waals surface area contributed by atoms with Gasteiger partial charge in [0.25, 0.3) is 0 Å². The third-order valence-corrected chi connectivity index (χ3v) is 3.13. The molecule has 1 aromatic carbocycles. The quantitative estimate of drug-likeness (QED) is 0.539. The van der Waals surface area contributed by atoms with Crippen LogP contribution in [-0.2, 0) is 16.0 Å². The van der Waals surface area contributed by atoms with Crippen molar-refractivity contribution in [3.63, 3.8) is 0 Å². The van der Waals surface area contributed by atoms with Gasteiger partial charge in [-0.2, -0.15) is 0 Å². The highest BCUT2D eigenvalue weighted by Crippen LogP contribution is 2.11. The van der Waals surface area contributed by atoms with Gasteiger partial charge >= 0.3 is 11.8 Å². The van der Waals surface area contributed by atoms with Gasteiger partial charge in [0, 0.05) is 13.1 Å². The molecule has 0 saturated carbocycles. The van der Waals surface area contributed by atoms with E-state index >= 15 is 0 Å². The predicted octanol–water partition coefficient (Wildman–Crippen LogP) is 0.422. The first-order chi connectivity index (χ1) is 10.5. The van der Waals surface area contributed by atoms with Crippen molar-refractivity contribution in [2.75, 3.05) is 40.8 Å². The molecular formula is C16H25N3O3. The zero-order chi connectivity index (χ0) is 16.4. The van der Waals surface area contributed by atoms with Crippen LogP contribution in [0.3, 0.4) is 0 Å². The number of methoxy groups -OCH3 is 1. The molecule has 0 atom stereocenters. The molecule has 0 radical (unpaired) electrons. The molecule has 1 rings (SSSR count). The van der Waals surface area contributed by atoms with Gasteiger partial charge in [-0.1, -0.05) is 12.1 Å². The summed E-state index contributed by atoms with van der Waals surface area (Å²) in [4.78, 5) is 25.2. The van der Waals surface area contributed by atoms with Crippen LogP contribution in [0.25, 0.3) is 0 Å². The fourth-order valence-corrected chi connectivity index (χ4v) is 1.87. The van der Waals surface area contributed by atoms with Gasteiger partial charge in [0.05, 0.1) is 7.11 Å². The van der Waals surface area contributed by atoms with Gasteiger partial charge in [0.2, 0.25) is 0 Å². The van der Waals surface area contributed by atoms with E-state index in [-0.39, 0.29) is 0 Å². The lowest BCUT2D eigenvalue weighted by Gasteiger charge is -2.10. The maximum Gasteiger partial charge on any atom is 0.309 e. The first kappa shape index (κ1) is 18.0. The Kier molecular flexibility index (Phi) is 7.99. The van der Waals surface area contributed by atoms with Crippen molar-refractivity contribution < 1.29 is 14.3 Å². The van der Waals surface area contributed by atoms with Crippen LogP contribution < -0.4 is 15.4 Å². The van der Waals surface area contributed by atoms with E-state index < -0.39 is 11.8 Å². The smallest absolute Gasteiger partial charge is 0.309 e. The van der Waals surface area contributed by atoms with Gasteiger partial charge in [0.15, 0.2) is 0 Å². The molecule has 0 saturated heterocycles. The van der Waals surface area contributed by atoms with Crippen molar-refractivity contribution in [3.05, 3.63) is 29.8 Å². The van der Waals surface area contributed by atoms with Crippen molar-refractivity contribution in [2.24, 2.45) is 0 Å². The third-order valence-electron chi connectivity index (χ3n) is 3.13. The second kappa shape index (κ2) is 9.78. The molecule has 0 aromatic heterocycles. The Balaban J connectivity index is 2.20.